The van der Waals surface area contributed by atoms with Crippen LogP contribution in [-0.4, -0.2) is 68.4 Å². The molecule has 2 N–H and O–H groups in total. The second-order valence-corrected chi connectivity index (χ2v) is 7.14. The van der Waals surface area contributed by atoms with Gasteiger partial charge in [-0.15, -0.1) is 0 Å². The summed E-state index contributed by atoms with van der Waals surface area (Å²) in [6.45, 7) is 9.49. The van der Waals surface area contributed by atoms with E-state index < -0.39 is 0 Å². The molecule has 3 rings (SSSR count). The molecule has 1 fully saturated rings. The Morgan fingerprint density at radius 3 is 2.87 bits per heavy atom. The van der Waals surface area contributed by atoms with Gasteiger partial charge in [0.15, 0.2) is 5.96 Å². The molecule has 162 valence electrons. The van der Waals surface area contributed by atoms with Crippen molar-refractivity contribution in [2.75, 3.05) is 52.5 Å². The van der Waals surface area contributed by atoms with E-state index in [1.165, 1.54) is 0 Å². The number of nitrogens with one attached hydrogen (secondary N) is 2. The van der Waals surface area contributed by atoms with Gasteiger partial charge in [0.2, 0.25) is 0 Å². The Hall–Kier alpha value is -2.64. The number of pyridine rings is 1. The predicted octanol–water partition coefficient (Wildman–Crippen LogP) is 2.09. The zero-order valence-corrected chi connectivity index (χ0v) is 17.8. The van der Waals surface area contributed by atoms with Crippen LogP contribution >= 0.6 is 0 Å². The van der Waals surface area contributed by atoms with Crippen molar-refractivity contribution in [3.63, 3.8) is 0 Å². The van der Waals surface area contributed by atoms with Crippen LogP contribution in [0.3, 0.4) is 0 Å². The summed E-state index contributed by atoms with van der Waals surface area (Å²) in [5, 5.41) is 6.67. The molecule has 2 heterocycles. The van der Waals surface area contributed by atoms with E-state index in [4.69, 9.17) is 14.5 Å². The van der Waals surface area contributed by atoms with Gasteiger partial charge < -0.3 is 20.1 Å². The van der Waals surface area contributed by atoms with Gasteiger partial charge in [-0.25, -0.2) is 4.99 Å². The summed E-state index contributed by atoms with van der Waals surface area (Å²) >= 11 is 0. The van der Waals surface area contributed by atoms with Crippen LogP contribution in [0.15, 0.2) is 53.7 Å². The van der Waals surface area contributed by atoms with Crippen molar-refractivity contribution in [2.45, 2.75) is 19.9 Å². The lowest BCUT2D eigenvalue weighted by atomic mass is 10.2. The zero-order valence-electron chi connectivity index (χ0n) is 17.8. The molecule has 7 nitrogen and oxygen atoms in total. The van der Waals surface area contributed by atoms with Gasteiger partial charge in [-0.1, -0.05) is 18.2 Å². The number of aromatic nitrogens is 1. The quantitative estimate of drug-likeness (QED) is 0.461. The minimum absolute atomic E-state index is 0.597. The fraction of sp³-hybridized carbons (Fsp3) is 0.478. The summed E-state index contributed by atoms with van der Waals surface area (Å²) in [6.07, 6.45) is 2.68. The van der Waals surface area contributed by atoms with Crippen molar-refractivity contribution in [3.05, 3.63) is 59.9 Å². The Bertz CT molecular complexity index is 763. The van der Waals surface area contributed by atoms with Gasteiger partial charge in [0.25, 0.3) is 0 Å². The molecule has 1 aliphatic rings. The molecule has 0 unspecified atom stereocenters. The van der Waals surface area contributed by atoms with Crippen LogP contribution in [0.4, 0.5) is 0 Å². The van der Waals surface area contributed by atoms with Gasteiger partial charge in [0.05, 0.1) is 19.8 Å². The Kier molecular flexibility index (Phi) is 9.43. The summed E-state index contributed by atoms with van der Waals surface area (Å²) in [4.78, 5) is 11.4. The third-order valence-electron chi connectivity index (χ3n) is 4.84. The van der Waals surface area contributed by atoms with E-state index in [1.807, 2.05) is 36.5 Å². The molecule has 0 radical (unpaired) electrons. The average Bonchev–Trinajstić information content (AvgIpc) is 2.79. The molecule has 0 bridgehead atoms. The lowest BCUT2D eigenvalue weighted by molar-refractivity contribution is 0.0322. The smallest absolute Gasteiger partial charge is 0.191 e. The lowest BCUT2D eigenvalue weighted by Crippen LogP contribution is -2.38. The summed E-state index contributed by atoms with van der Waals surface area (Å²) in [7, 11) is 0. The first-order valence-corrected chi connectivity index (χ1v) is 10.8. The molecule has 2 aromatic rings. The molecular weight excluding hydrogens is 378 g/mol. The van der Waals surface area contributed by atoms with E-state index in [9.17, 15) is 0 Å². The topological polar surface area (TPSA) is 71.0 Å². The highest BCUT2D eigenvalue weighted by atomic mass is 16.5. The molecule has 0 saturated carbocycles. The Morgan fingerprint density at radius 1 is 1.17 bits per heavy atom. The molecular formula is C23H33N5O2. The number of hydrogen-bond acceptors (Lipinski definition) is 5. The van der Waals surface area contributed by atoms with Crippen molar-refractivity contribution in [1.29, 1.82) is 0 Å². The second kappa shape index (κ2) is 12.8. The van der Waals surface area contributed by atoms with Crippen LogP contribution in [0.2, 0.25) is 0 Å². The molecule has 0 aliphatic carbocycles. The Labute approximate surface area is 179 Å². The molecule has 30 heavy (non-hydrogen) atoms. The molecule has 1 aliphatic heterocycles. The van der Waals surface area contributed by atoms with Crippen molar-refractivity contribution in [1.82, 2.24) is 20.5 Å². The number of guanidine groups is 1. The summed E-state index contributed by atoms with van der Waals surface area (Å²) in [5.41, 5.74) is 2.20. The van der Waals surface area contributed by atoms with Gasteiger partial charge in [-0.05, 0) is 36.8 Å². The maximum Gasteiger partial charge on any atom is 0.191 e. The largest absolute Gasteiger partial charge is 0.492 e. The molecule has 1 saturated heterocycles. The summed E-state index contributed by atoms with van der Waals surface area (Å²) in [5.74, 6) is 1.70. The highest BCUT2D eigenvalue weighted by Gasteiger charge is 2.09. The molecule has 0 amide bonds. The highest BCUT2D eigenvalue weighted by Crippen LogP contribution is 2.14. The maximum absolute atomic E-state index is 5.95. The van der Waals surface area contributed by atoms with Gasteiger partial charge in [-0.2, -0.15) is 0 Å². The van der Waals surface area contributed by atoms with E-state index in [-0.39, 0.29) is 0 Å². The molecule has 0 spiro atoms. The first kappa shape index (κ1) is 22.1. The fourth-order valence-corrected chi connectivity index (χ4v) is 3.22. The number of benzene rings is 1. The standard InChI is InChI=1S/C23H33N5O2/c1-2-24-23(26-11-9-21-7-3-4-10-25-21)27-19-20-6-5-8-22(18-20)30-17-14-28-12-15-29-16-13-28/h3-8,10,18H,2,9,11-17,19H2,1H3,(H2,24,26,27). The first-order chi connectivity index (χ1) is 14.8. The second-order valence-electron chi connectivity index (χ2n) is 7.14. The van der Waals surface area contributed by atoms with Crippen LogP contribution in [0.1, 0.15) is 18.2 Å². The van der Waals surface area contributed by atoms with Gasteiger partial charge in [0.1, 0.15) is 12.4 Å². The monoisotopic (exact) mass is 411 g/mol. The Morgan fingerprint density at radius 2 is 2.07 bits per heavy atom. The highest BCUT2D eigenvalue weighted by molar-refractivity contribution is 5.79. The molecule has 7 heteroatoms. The average molecular weight is 412 g/mol. The van der Waals surface area contributed by atoms with E-state index in [0.717, 1.165) is 75.3 Å². The van der Waals surface area contributed by atoms with Gasteiger partial charge in [0, 0.05) is 51.0 Å². The minimum Gasteiger partial charge on any atom is -0.492 e. The van der Waals surface area contributed by atoms with Crippen LogP contribution in [-0.2, 0) is 17.7 Å². The van der Waals surface area contributed by atoms with Crippen molar-refractivity contribution in [3.8, 4) is 5.75 Å². The third-order valence-corrected chi connectivity index (χ3v) is 4.84. The van der Waals surface area contributed by atoms with Gasteiger partial charge >= 0.3 is 0 Å². The van der Waals surface area contributed by atoms with Crippen molar-refractivity contribution < 1.29 is 9.47 Å². The normalized spacial score (nSPS) is 15.0. The fourth-order valence-electron chi connectivity index (χ4n) is 3.22. The van der Waals surface area contributed by atoms with E-state index in [0.29, 0.717) is 13.2 Å². The predicted molar refractivity (Wildman–Crippen MR) is 120 cm³/mol. The zero-order chi connectivity index (χ0) is 20.9. The number of rotatable bonds is 10. The number of morpholine rings is 1. The van der Waals surface area contributed by atoms with Crippen molar-refractivity contribution in [2.24, 2.45) is 4.99 Å². The molecule has 1 aromatic heterocycles. The van der Waals surface area contributed by atoms with E-state index in [1.54, 1.807) is 0 Å². The minimum atomic E-state index is 0.597. The van der Waals surface area contributed by atoms with E-state index in [2.05, 4.69) is 39.6 Å². The van der Waals surface area contributed by atoms with Crippen molar-refractivity contribution >= 4 is 5.96 Å². The summed E-state index contributed by atoms with van der Waals surface area (Å²) < 4.78 is 11.3. The lowest BCUT2D eigenvalue weighted by Gasteiger charge is -2.26. The summed E-state index contributed by atoms with van der Waals surface area (Å²) in [6, 6.07) is 14.2. The number of ether oxygens (including phenoxy) is 2. The third kappa shape index (κ3) is 8.00. The van der Waals surface area contributed by atoms with Crippen LogP contribution in [0.25, 0.3) is 0 Å². The molecule has 1 aromatic carbocycles. The number of hydrogen-bond donors (Lipinski definition) is 2. The van der Waals surface area contributed by atoms with E-state index >= 15 is 0 Å². The van der Waals surface area contributed by atoms with Gasteiger partial charge in [-0.3, -0.25) is 9.88 Å². The van der Waals surface area contributed by atoms with Crippen LogP contribution in [0, 0.1) is 0 Å². The van der Waals surface area contributed by atoms with Crippen LogP contribution < -0.4 is 15.4 Å². The SMILES string of the molecule is CCNC(=NCc1cccc(OCCN2CCOCC2)c1)NCCc1ccccn1. The first-order valence-electron chi connectivity index (χ1n) is 10.8. The Balaban J connectivity index is 1.45. The number of nitrogens with zero attached hydrogens (tertiary/aromatic N) is 3. The molecule has 0 atom stereocenters. The maximum atomic E-state index is 5.95. The number of aliphatic imine (C=N–C) groups is 1. The van der Waals surface area contributed by atoms with Crippen LogP contribution in [0.5, 0.6) is 5.75 Å².